The molecule has 1 saturated carbocycles. The number of hydrogen-bond donors (Lipinski definition) is 1. The molecule has 1 aromatic rings. The quantitative estimate of drug-likeness (QED) is 0.756. The van der Waals surface area contributed by atoms with E-state index in [-0.39, 0.29) is 11.4 Å². The highest BCUT2D eigenvalue weighted by atomic mass is 19.1. The van der Waals surface area contributed by atoms with E-state index in [0.717, 1.165) is 12.8 Å². The van der Waals surface area contributed by atoms with Gasteiger partial charge in [-0.1, -0.05) is 0 Å². The van der Waals surface area contributed by atoms with Gasteiger partial charge < -0.3 is 5.32 Å². The van der Waals surface area contributed by atoms with Gasteiger partial charge in [-0.15, -0.1) is 0 Å². The highest BCUT2D eigenvalue weighted by Gasteiger charge is 2.32. The number of nitrogens with one attached hydrogen (secondary N) is 1. The molecule has 0 atom stereocenters. The number of anilines is 1. The normalized spacial score (nSPS) is 19.2. The molecule has 0 amide bonds. The van der Waals surface area contributed by atoms with Gasteiger partial charge >= 0.3 is 0 Å². The Morgan fingerprint density at radius 1 is 1.54 bits per heavy atom. The van der Waals surface area contributed by atoms with Crippen LogP contribution in [0, 0.1) is 5.82 Å². The maximum atomic E-state index is 13.2. The molecule has 0 aliphatic heterocycles. The van der Waals surface area contributed by atoms with E-state index in [1.807, 2.05) is 0 Å². The third-order valence-electron chi connectivity index (χ3n) is 2.64. The predicted molar refractivity (Wildman–Crippen MR) is 50.1 cm³/mol. The van der Waals surface area contributed by atoms with Crippen molar-refractivity contribution < 1.29 is 4.39 Å². The Bertz CT molecular complexity index is 308. The summed E-state index contributed by atoms with van der Waals surface area (Å²) in [6.07, 6.45) is 5.03. The Labute approximate surface area is 77.2 Å². The lowest BCUT2D eigenvalue weighted by Crippen LogP contribution is -2.42. The van der Waals surface area contributed by atoms with E-state index in [0.29, 0.717) is 5.82 Å². The summed E-state index contributed by atoms with van der Waals surface area (Å²) < 4.78 is 13.2. The van der Waals surface area contributed by atoms with Crippen molar-refractivity contribution >= 4 is 5.82 Å². The zero-order chi connectivity index (χ0) is 9.31. The molecule has 0 spiro atoms. The maximum absolute atomic E-state index is 13.2. The summed E-state index contributed by atoms with van der Waals surface area (Å²) in [6, 6.07) is 3.03. The van der Waals surface area contributed by atoms with Gasteiger partial charge in [0.2, 0.25) is 0 Å². The minimum absolute atomic E-state index is 0.0647. The molecule has 0 unspecified atom stereocenters. The fraction of sp³-hybridized carbons (Fsp3) is 0.500. The average Bonchev–Trinajstić information content (AvgIpc) is 2.06. The van der Waals surface area contributed by atoms with Crippen LogP contribution < -0.4 is 5.32 Å². The second kappa shape index (κ2) is 2.98. The van der Waals surface area contributed by atoms with Crippen molar-refractivity contribution in [2.45, 2.75) is 31.7 Å². The third kappa shape index (κ3) is 1.64. The first-order chi connectivity index (χ1) is 6.20. The zero-order valence-electron chi connectivity index (χ0n) is 7.68. The largest absolute Gasteiger partial charge is 0.362 e. The van der Waals surface area contributed by atoms with Crippen LogP contribution >= 0.6 is 0 Å². The average molecular weight is 180 g/mol. The molecule has 1 N–H and O–H groups in total. The minimum Gasteiger partial charge on any atom is -0.362 e. The Morgan fingerprint density at radius 2 is 2.31 bits per heavy atom. The van der Waals surface area contributed by atoms with E-state index in [9.17, 15) is 4.39 Å². The van der Waals surface area contributed by atoms with Gasteiger partial charge in [0.1, 0.15) is 0 Å². The van der Waals surface area contributed by atoms with Crippen LogP contribution in [0.2, 0.25) is 0 Å². The van der Waals surface area contributed by atoms with Crippen molar-refractivity contribution in [3.05, 3.63) is 24.1 Å². The van der Waals surface area contributed by atoms with Crippen LogP contribution in [0.5, 0.6) is 0 Å². The van der Waals surface area contributed by atoms with E-state index in [1.54, 1.807) is 12.3 Å². The summed E-state index contributed by atoms with van der Waals surface area (Å²) in [5.41, 5.74) is 0.0647. The zero-order valence-corrected chi connectivity index (χ0v) is 7.68. The van der Waals surface area contributed by atoms with Crippen LogP contribution in [-0.4, -0.2) is 10.5 Å². The lowest BCUT2D eigenvalue weighted by atomic mass is 9.78. The molecule has 1 heterocycles. The second-order valence-corrected chi connectivity index (χ2v) is 3.87. The molecule has 0 radical (unpaired) electrons. The topological polar surface area (TPSA) is 24.9 Å². The Morgan fingerprint density at radius 3 is 2.85 bits per heavy atom. The van der Waals surface area contributed by atoms with Crippen molar-refractivity contribution in [1.82, 2.24) is 4.98 Å². The molecule has 1 aromatic heterocycles. The van der Waals surface area contributed by atoms with Crippen molar-refractivity contribution in [3.8, 4) is 0 Å². The lowest BCUT2D eigenvalue weighted by molar-refractivity contribution is 0.304. The number of halogens is 1. The molecule has 0 saturated heterocycles. The van der Waals surface area contributed by atoms with E-state index < -0.39 is 0 Å². The number of pyridine rings is 1. The molecule has 1 aliphatic rings. The molecule has 0 bridgehead atoms. The van der Waals surface area contributed by atoms with Gasteiger partial charge in [-0.05, 0) is 38.3 Å². The number of nitrogens with zero attached hydrogens (tertiary/aromatic N) is 1. The van der Waals surface area contributed by atoms with Crippen LogP contribution in [0.1, 0.15) is 26.2 Å². The van der Waals surface area contributed by atoms with Crippen molar-refractivity contribution in [2.24, 2.45) is 0 Å². The summed E-state index contributed by atoms with van der Waals surface area (Å²) in [5.74, 6) is 0.111. The van der Waals surface area contributed by atoms with Gasteiger partial charge in [0, 0.05) is 11.7 Å². The number of aromatic nitrogens is 1. The van der Waals surface area contributed by atoms with Gasteiger partial charge in [-0.2, -0.15) is 0 Å². The van der Waals surface area contributed by atoms with Crippen molar-refractivity contribution in [2.75, 3.05) is 5.32 Å². The van der Waals surface area contributed by atoms with Crippen molar-refractivity contribution in [3.63, 3.8) is 0 Å². The Hall–Kier alpha value is -1.12. The monoisotopic (exact) mass is 180 g/mol. The first-order valence-corrected chi connectivity index (χ1v) is 4.58. The predicted octanol–water partition coefficient (Wildman–Crippen LogP) is 2.58. The third-order valence-corrected chi connectivity index (χ3v) is 2.64. The van der Waals surface area contributed by atoms with Gasteiger partial charge in [0.15, 0.2) is 11.6 Å². The fourth-order valence-corrected chi connectivity index (χ4v) is 1.60. The van der Waals surface area contributed by atoms with Crippen LogP contribution in [0.15, 0.2) is 18.3 Å². The van der Waals surface area contributed by atoms with Gasteiger partial charge in [-0.3, -0.25) is 0 Å². The number of hydrogen-bond acceptors (Lipinski definition) is 2. The first kappa shape index (κ1) is 8.48. The SMILES string of the molecule is CC1(Nc2ncccc2F)CCC1. The summed E-state index contributed by atoms with van der Waals surface area (Å²) in [7, 11) is 0. The molecule has 13 heavy (non-hydrogen) atoms. The summed E-state index contributed by atoms with van der Waals surface area (Å²) in [4.78, 5) is 3.96. The molecular formula is C10H13FN2. The molecule has 3 heteroatoms. The van der Waals surface area contributed by atoms with Crippen LogP contribution in [0.3, 0.4) is 0 Å². The summed E-state index contributed by atoms with van der Waals surface area (Å²) in [5, 5.41) is 3.14. The molecule has 2 nitrogen and oxygen atoms in total. The standard InChI is InChI=1S/C10H13FN2/c1-10(5-3-6-10)13-9-8(11)4-2-7-12-9/h2,4,7H,3,5-6H2,1H3,(H,12,13). The molecule has 1 aliphatic carbocycles. The molecule has 1 fully saturated rings. The van der Waals surface area contributed by atoms with Crippen LogP contribution in [0.4, 0.5) is 10.2 Å². The van der Waals surface area contributed by atoms with Gasteiger partial charge in [0.05, 0.1) is 0 Å². The van der Waals surface area contributed by atoms with Crippen molar-refractivity contribution in [1.29, 1.82) is 0 Å². The van der Waals surface area contributed by atoms with E-state index in [4.69, 9.17) is 0 Å². The minimum atomic E-state index is -0.268. The molecule has 0 aromatic carbocycles. The van der Waals surface area contributed by atoms with E-state index in [1.165, 1.54) is 12.5 Å². The summed E-state index contributed by atoms with van der Waals surface area (Å²) >= 11 is 0. The molecule has 2 rings (SSSR count). The lowest BCUT2D eigenvalue weighted by Gasteiger charge is -2.39. The molecular weight excluding hydrogens is 167 g/mol. The Kier molecular flexibility index (Phi) is 1.94. The summed E-state index contributed by atoms with van der Waals surface area (Å²) in [6.45, 7) is 2.10. The molecule has 70 valence electrons. The first-order valence-electron chi connectivity index (χ1n) is 4.58. The van der Waals surface area contributed by atoms with Crippen LogP contribution in [0.25, 0.3) is 0 Å². The highest BCUT2D eigenvalue weighted by Crippen LogP contribution is 2.34. The van der Waals surface area contributed by atoms with Gasteiger partial charge in [0.25, 0.3) is 0 Å². The highest BCUT2D eigenvalue weighted by molar-refractivity contribution is 5.39. The number of rotatable bonds is 2. The van der Waals surface area contributed by atoms with Gasteiger partial charge in [-0.25, -0.2) is 9.37 Å². The maximum Gasteiger partial charge on any atom is 0.165 e. The second-order valence-electron chi connectivity index (χ2n) is 3.87. The van der Waals surface area contributed by atoms with E-state index in [2.05, 4.69) is 17.2 Å². The Balaban J connectivity index is 2.13. The van der Waals surface area contributed by atoms with Crippen LogP contribution in [-0.2, 0) is 0 Å². The van der Waals surface area contributed by atoms with E-state index >= 15 is 0 Å². The smallest absolute Gasteiger partial charge is 0.165 e. The fourth-order valence-electron chi connectivity index (χ4n) is 1.60.